The van der Waals surface area contributed by atoms with Crippen molar-refractivity contribution >= 4 is 17.6 Å². The largest absolute Gasteiger partial charge is 0.373 e. The van der Waals surface area contributed by atoms with Crippen LogP contribution in [0.1, 0.15) is 6.42 Å². The van der Waals surface area contributed by atoms with Crippen LogP contribution >= 0.6 is 0 Å². The van der Waals surface area contributed by atoms with E-state index in [0.29, 0.717) is 0 Å². The summed E-state index contributed by atoms with van der Waals surface area (Å²) >= 11 is 0. The molecule has 0 aromatic rings. The van der Waals surface area contributed by atoms with Crippen LogP contribution in [0.3, 0.4) is 0 Å². The van der Waals surface area contributed by atoms with Gasteiger partial charge in [-0.2, -0.15) is 0 Å². The molecule has 3 aliphatic carbocycles. The van der Waals surface area contributed by atoms with Gasteiger partial charge in [-0.25, -0.2) is 0 Å². The molecule has 0 aromatic carbocycles. The Morgan fingerprint density at radius 2 is 2.06 bits per heavy atom. The molecule has 90 valence electrons. The van der Waals surface area contributed by atoms with Crippen molar-refractivity contribution in [3.05, 3.63) is 12.2 Å². The van der Waals surface area contributed by atoms with E-state index in [-0.39, 0.29) is 24.0 Å². The van der Waals surface area contributed by atoms with Crippen LogP contribution in [0.4, 0.5) is 0 Å². The molecule has 17 heavy (non-hydrogen) atoms. The lowest BCUT2D eigenvalue weighted by atomic mass is 9.60. The number of ether oxygens (including phenoxy) is 1. The number of likely N-dealkylation sites (tertiary alicyclic amines) is 1. The Morgan fingerprint density at radius 3 is 2.65 bits per heavy atom. The maximum absolute atomic E-state index is 12.1. The van der Waals surface area contributed by atoms with Crippen LogP contribution in [0.2, 0.25) is 0 Å². The summed E-state index contributed by atoms with van der Waals surface area (Å²) in [5, 5.41) is 0. The van der Waals surface area contributed by atoms with Gasteiger partial charge in [-0.3, -0.25) is 19.3 Å². The zero-order chi connectivity index (χ0) is 12.4. The average Bonchev–Trinajstić information content (AvgIpc) is 2.57. The summed E-state index contributed by atoms with van der Waals surface area (Å²) in [6.07, 6.45) is 3.70. The minimum absolute atomic E-state index is 0.00736. The molecule has 4 aliphatic rings. The topological polar surface area (TPSA) is 63.7 Å². The zero-order valence-corrected chi connectivity index (χ0v) is 9.67. The molecule has 2 amide bonds. The van der Waals surface area contributed by atoms with Gasteiger partial charge in [-0.1, -0.05) is 12.2 Å². The maximum atomic E-state index is 12.1. The van der Waals surface area contributed by atoms with Crippen molar-refractivity contribution in [3.63, 3.8) is 0 Å². The number of nitrogens with zero attached hydrogens (tertiary/aromatic N) is 1. The predicted molar refractivity (Wildman–Crippen MR) is 56.8 cm³/mol. The van der Waals surface area contributed by atoms with Crippen LogP contribution in [-0.2, 0) is 19.1 Å². The number of allylic oxidation sites excluding steroid dienone is 1. The van der Waals surface area contributed by atoms with Gasteiger partial charge < -0.3 is 4.74 Å². The van der Waals surface area contributed by atoms with Gasteiger partial charge in [0.25, 0.3) is 0 Å². The van der Waals surface area contributed by atoms with Crippen molar-refractivity contribution in [1.29, 1.82) is 0 Å². The van der Waals surface area contributed by atoms with Gasteiger partial charge >= 0.3 is 0 Å². The molecule has 5 nitrogen and oxygen atoms in total. The van der Waals surface area contributed by atoms with Gasteiger partial charge in [0.15, 0.2) is 0 Å². The van der Waals surface area contributed by atoms with Crippen LogP contribution in [0.5, 0.6) is 0 Å². The number of amides is 2. The molecule has 1 aliphatic heterocycles. The fourth-order valence-corrected chi connectivity index (χ4v) is 3.33. The Kier molecular flexibility index (Phi) is 1.91. The van der Waals surface area contributed by atoms with E-state index in [0.717, 1.165) is 4.90 Å². The Bertz CT molecular complexity index is 469. The molecule has 1 saturated heterocycles. The number of fused-ring (bicyclic) bond motifs is 1. The lowest BCUT2D eigenvalue weighted by Gasteiger charge is -2.45. The number of rotatable bonds is 1. The summed E-state index contributed by atoms with van der Waals surface area (Å²) in [6.45, 7) is 0. The molecule has 2 bridgehead atoms. The summed E-state index contributed by atoms with van der Waals surface area (Å²) in [5.41, 5.74) is -0.909. The molecule has 0 unspecified atom stereocenters. The van der Waals surface area contributed by atoms with Gasteiger partial charge in [0, 0.05) is 26.5 Å². The van der Waals surface area contributed by atoms with Crippen LogP contribution in [-0.4, -0.2) is 42.3 Å². The molecule has 0 radical (unpaired) electrons. The van der Waals surface area contributed by atoms with Crippen molar-refractivity contribution < 1.29 is 19.1 Å². The van der Waals surface area contributed by atoms with Crippen molar-refractivity contribution in [1.82, 2.24) is 4.90 Å². The number of ketones is 1. The lowest BCUT2D eigenvalue weighted by molar-refractivity contribution is -0.153. The third-order valence-corrected chi connectivity index (χ3v) is 4.27. The first-order valence-corrected chi connectivity index (χ1v) is 5.60. The quantitative estimate of drug-likeness (QED) is 0.465. The smallest absolute Gasteiger partial charge is 0.236 e. The highest BCUT2D eigenvalue weighted by molar-refractivity contribution is 6.10. The second kappa shape index (κ2) is 3.04. The average molecular weight is 235 g/mol. The molecule has 0 N–H and O–H groups in total. The van der Waals surface area contributed by atoms with Crippen molar-refractivity contribution in [2.45, 2.75) is 12.0 Å². The Morgan fingerprint density at radius 1 is 1.35 bits per heavy atom. The van der Waals surface area contributed by atoms with E-state index in [4.69, 9.17) is 4.74 Å². The highest BCUT2D eigenvalue weighted by Crippen LogP contribution is 2.51. The Balaban J connectivity index is 2.17. The number of carbonyl (C=O) groups excluding carboxylic acids is 3. The minimum atomic E-state index is -0.909. The SMILES string of the molecule is CO[C@]12C=C[C@H](C(=O)C1)[C@@H]1C(=O)N(C)C(=O)[C@@H]12. The molecule has 1 saturated carbocycles. The zero-order valence-electron chi connectivity index (χ0n) is 9.67. The third kappa shape index (κ3) is 1.05. The van der Waals surface area contributed by atoms with E-state index < -0.39 is 23.4 Å². The monoisotopic (exact) mass is 235 g/mol. The molecule has 2 fully saturated rings. The highest BCUT2D eigenvalue weighted by atomic mass is 16.5. The molecule has 4 atom stereocenters. The number of hydrogen-bond acceptors (Lipinski definition) is 4. The Hall–Kier alpha value is -1.49. The third-order valence-electron chi connectivity index (χ3n) is 4.27. The van der Waals surface area contributed by atoms with Gasteiger partial charge in [0.05, 0.1) is 11.8 Å². The van der Waals surface area contributed by atoms with Crippen LogP contribution in [0.15, 0.2) is 12.2 Å². The number of hydrogen-bond donors (Lipinski definition) is 0. The second-order valence-electron chi connectivity index (χ2n) is 4.93. The summed E-state index contributed by atoms with van der Waals surface area (Å²) in [7, 11) is 2.95. The van der Waals surface area contributed by atoms with Gasteiger partial charge in [-0.15, -0.1) is 0 Å². The Labute approximate surface area is 98.4 Å². The molecule has 0 spiro atoms. The van der Waals surface area contributed by atoms with Crippen molar-refractivity contribution in [2.24, 2.45) is 17.8 Å². The summed E-state index contributed by atoms with van der Waals surface area (Å²) < 4.78 is 5.41. The van der Waals surface area contributed by atoms with E-state index in [1.165, 1.54) is 14.2 Å². The van der Waals surface area contributed by atoms with Crippen molar-refractivity contribution in [2.75, 3.05) is 14.2 Å². The molecular formula is C12H13NO4. The second-order valence-corrected chi connectivity index (χ2v) is 4.93. The maximum Gasteiger partial charge on any atom is 0.236 e. The minimum Gasteiger partial charge on any atom is -0.373 e. The van der Waals surface area contributed by atoms with E-state index >= 15 is 0 Å². The van der Waals surface area contributed by atoms with Gasteiger partial charge in [0.1, 0.15) is 11.4 Å². The normalized spacial score (nSPS) is 43.5. The van der Waals surface area contributed by atoms with Crippen LogP contribution in [0.25, 0.3) is 0 Å². The van der Waals surface area contributed by atoms with E-state index in [1.54, 1.807) is 12.2 Å². The van der Waals surface area contributed by atoms with Gasteiger partial charge in [0.2, 0.25) is 11.8 Å². The number of methoxy groups -OCH3 is 1. The molecule has 0 aromatic heterocycles. The summed E-state index contributed by atoms with van der Waals surface area (Å²) in [5.74, 6) is -2.03. The standard InChI is InChI=1S/C12H13NO4/c1-13-10(15)8-6-3-4-12(17-2,5-7(6)14)9(8)11(13)16/h3-4,6,8-9H,5H2,1-2H3/t6-,8+,9-,12-/m1/s1. The number of carbonyl (C=O) groups is 3. The first kappa shape index (κ1) is 10.7. The number of imide groups is 1. The lowest BCUT2D eigenvalue weighted by Crippen LogP contribution is -2.56. The van der Waals surface area contributed by atoms with Crippen LogP contribution < -0.4 is 0 Å². The molecule has 4 rings (SSSR count). The highest BCUT2D eigenvalue weighted by Gasteiger charge is 2.65. The fraction of sp³-hybridized carbons (Fsp3) is 0.583. The predicted octanol–water partition coefficient (Wildman–Crippen LogP) is -0.239. The van der Waals surface area contributed by atoms with Crippen molar-refractivity contribution in [3.8, 4) is 0 Å². The summed E-state index contributed by atoms with van der Waals surface area (Å²) in [6, 6.07) is 0. The number of Topliss-reactive ketones (excluding diaryl/α,β-unsaturated/α-hetero) is 1. The van der Waals surface area contributed by atoms with E-state index in [1.807, 2.05) is 0 Å². The van der Waals surface area contributed by atoms with E-state index in [9.17, 15) is 14.4 Å². The van der Waals surface area contributed by atoms with Crippen LogP contribution in [0, 0.1) is 17.8 Å². The van der Waals surface area contributed by atoms with Gasteiger partial charge in [-0.05, 0) is 0 Å². The first-order valence-electron chi connectivity index (χ1n) is 5.60. The summed E-state index contributed by atoms with van der Waals surface area (Å²) in [4.78, 5) is 37.1. The molecule has 5 heteroatoms. The van der Waals surface area contributed by atoms with E-state index in [2.05, 4.69) is 0 Å². The first-order chi connectivity index (χ1) is 8.02. The molecular weight excluding hydrogens is 222 g/mol. The molecule has 1 heterocycles. The fourth-order valence-electron chi connectivity index (χ4n) is 3.33.